The Balaban J connectivity index is 2.15. The zero-order chi connectivity index (χ0) is 14.6. The summed E-state index contributed by atoms with van der Waals surface area (Å²) in [4.78, 5) is 2.33. The number of likely N-dealkylation sites (tertiary alicyclic amines) is 1. The van der Waals surface area contributed by atoms with Crippen molar-refractivity contribution in [2.24, 2.45) is 5.41 Å². The number of hydrogen-bond acceptors (Lipinski definition) is 4. The van der Waals surface area contributed by atoms with E-state index in [0.717, 1.165) is 43.8 Å². The van der Waals surface area contributed by atoms with Crippen LogP contribution in [0.1, 0.15) is 30.9 Å². The fourth-order valence-corrected chi connectivity index (χ4v) is 2.90. The highest BCUT2D eigenvalue weighted by Gasteiger charge is 2.30. The van der Waals surface area contributed by atoms with E-state index < -0.39 is 0 Å². The topological polar surface area (TPSA) is 56.5 Å². The van der Waals surface area contributed by atoms with E-state index in [0.29, 0.717) is 5.56 Å². The van der Waals surface area contributed by atoms with Gasteiger partial charge < -0.3 is 9.84 Å². The molecule has 1 saturated heterocycles. The van der Waals surface area contributed by atoms with Gasteiger partial charge >= 0.3 is 0 Å². The standard InChI is InChI=1S/C16H22N2O2/c1-16(12-19)6-3-7-18(11-16)10-14-8-13(9-17)4-5-15(14)20-2/h4-5,8,19H,3,6-7,10-12H2,1-2H3. The smallest absolute Gasteiger partial charge is 0.123 e. The largest absolute Gasteiger partial charge is 0.496 e. The lowest BCUT2D eigenvalue weighted by molar-refractivity contribution is 0.0426. The Kier molecular flexibility index (Phi) is 4.64. The number of nitrogens with zero attached hydrogens (tertiary/aromatic N) is 2. The second kappa shape index (κ2) is 6.25. The number of nitriles is 1. The van der Waals surface area contributed by atoms with Crippen LogP contribution >= 0.6 is 0 Å². The van der Waals surface area contributed by atoms with Crippen LogP contribution in [0.2, 0.25) is 0 Å². The Bertz CT molecular complexity index is 510. The molecule has 1 aromatic rings. The molecule has 108 valence electrons. The van der Waals surface area contributed by atoms with Crippen molar-refractivity contribution in [2.75, 3.05) is 26.8 Å². The van der Waals surface area contributed by atoms with E-state index in [9.17, 15) is 5.11 Å². The van der Waals surface area contributed by atoms with Gasteiger partial charge in [-0.2, -0.15) is 5.26 Å². The van der Waals surface area contributed by atoms with E-state index in [4.69, 9.17) is 10.00 Å². The van der Waals surface area contributed by atoms with Crippen molar-refractivity contribution in [1.29, 1.82) is 5.26 Å². The highest BCUT2D eigenvalue weighted by Crippen LogP contribution is 2.31. The average Bonchev–Trinajstić information content (AvgIpc) is 2.47. The molecule has 4 nitrogen and oxygen atoms in total. The van der Waals surface area contributed by atoms with Gasteiger partial charge in [0.1, 0.15) is 5.75 Å². The second-order valence-electron chi connectivity index (χ2n) is 5.92. The maximum atomic E-state index is 9.52. The summed E-state index contributed by atoms with van der Waals surface area (Å²) in [5.74, 6) is 0.820. The molecule has 0 amide bonds. The van der Waals surface area contributed by atoms with Gasteiger partial charge in [0, 0.05) is 30.7 Å². The minimum Gasteiger partial charge on any atom is -0.496 e. The fourth-order valence-electron chi connectivity index (χ4n) is 2.90. The summed E-state index contributed by atoms with van der Waals surface area (Å²) in [6.45, 7) is 5.01. The number of aliphatic hydroxyl groups excluding tert-OH is 1. The molecule has 1 heterocycles. The van der Waals surface area contributed by atoms with Crippen molar-refractivity contribution in [2.45, 2.75) is 26.3 Å². The van der Waals surface area contributed by atoms with Gasteiger partial charge in [0.05, 0.1) is 18.7 Å². The molecule has 0 radical (unpaired) electrons. The third-order valence-electron chi connectivity index (χ3n) is 4.05. The first-order chi connectivity index (χ1) is 9.60. The molecular formula is C16H22N2O2. The van der Waals surface area contributed by atoms with Crippen LogP contribution < -0.4 is 4.74 Å². The second-order valence-corrected chi connectivity index (χ2v) is 5.92. The molecule has 4 heteroatoms. The molecule has 1 aromatic carbocycles. The van der Waals surface area contributed by atoms with Crippen LogP contribution in [0.3, 0.4) is 0 Å². The lowest BCUT2D eigenvalue weighted by Crippen LogP contribution is -2.43. The summed E-state index contributed by atoms with van der Waals surface area (Å²) in [6, 6.07) is 7.69. The van der Waals surface area contributed by atoms with Gasteiger partial charge in [0.2, 0.25) is 0 Å². The monoisotopic (exact) mass is 274 g/mol. The van der Waals surface area contributed by atoms with Crippen molar-refractivity contribution in [3.05, 3.63) is 29.3 Å². The van der Waals surface area contributed by atoms with Crippen molar-refractivity contribution >= 4 is 0 Å². The summed E-state index contributed by atoms with van der Waals surface area (Å²) in [7, 11) is 1.65. The Morgan fingerprint density at radius 2 is 2.30 bits per heavy atom. The number of piperidine rings is 1. The lowest BCUT2D eigenvalue weighted by atomic mass is 9.82. The summed E-state index contributed by atoms with van der Waals surface area (Å²) >= 11 is 0. The summed E-state index contributed by atoms with van der Waals surface area (Å²) < 4.78 is 5.38. The number of aliphatic hydroxyl groups is 1. The zero-order valence-corrected chi connectivity index (χ0v) is 12.2. The molecule has 1 N–H and O–H groups in total. The molecule has 1 aliphatic rings. The number of hydrogen-bond donors (Lipinski definition) is 1. The molecule has 1 unspecified atom stereocenters. The minimum atomic E-state index is -0.0156. The van der Waals surface area contributed by atoms with Crippen LogP contribution in [-0.2, 0) is 6.54 Å². The Hall–Kier alpha value is -1.57. The molecule has 1 fully saturated rings. The maximum absolute atomic E-state index is 9.52. The number of ether oxygens (including phenoxy) is 1. The number of rotatable bonds is 4. The molecule has 0 spiro atoms. The Labute approximate surface area is 120 Å². The SMILES string of the molecule is COc1ccc(C#N)cc1CN1CCCC(C)(CO)C1. The van der Waals surface area contributed by atoms with E-state index in [1.807, 2.05) is 12.1 Å². The molecule has 20 heavy (non-hydrogen) atoms. The van der Waals surface area contributed by atoms with E-state index in [1.54, 1.807) is 13.2 Å². The van der Waals surface area contributed by atoms with Crippen LogP contribution in [0.15, 0.2) is 18.2 Å². The predicted molar refractivity (Wildman–Crippen MR) is 77.4 cm³/mol. The molecule has 2 rings (SSSR count). The third kappa shape index (κ3) is 3.30. The Morgan fingerprint density at radius 3 is 2.95 bits per heavy atom. The summed E-state index contributed by atoms with van der Waals surface area (Å²) in [6.07, 6.45) is 2.16. The van der Waals surface area contributed by atoms with Gasteiger partial charge in [-0.1, -0.05) is 6.92 Å². The van der Waals surface area contributed by atoms with Gasteiger partial charge in [-0.05, 0) is 37.6 Å². The minimum absolute atomic E-state index is 0.0156. The normalized spacial score (nSPS) is 23.3. The van der Waals surface area contributed by atoms with Gasteiger partial charge in [0.25, 0.3) is 0 Å². The summed E-state index contributed by atoms with van der Waals surface area (Å²) in [5.41, 5.74) is 1.68. The number of methoxy groups -OCH3 is 1. The highest BCUT2D eigenvalue weighted by atomic mass is 16.5. The predicted octanol–water partition coefficient (Wildman–Crippen LogP) is 2.16. The van der Waals surface area contributed by atoms with Gasteiger partial charge in [0.15, 0.2) is 0 Å². The molecule has 1 aliphatic heterocycles. The van der Waals surface area contributed by atoms with E-state index in [2.05, 4.69) is 17.9 Å². The molecule has 0 bridgehead atoms. The molecule has 0 saturated carbocycles. The molecular weight excluding hydrogens is 252 g/mol. The maximum Gasteiger partial charge on any atom is 0.123 e. The molecule has 1 atom stereocenters. The van der Waals surface area contributed by atoms with Gasteiger partial charge in [-0.15, -0.1) is 0 Å². The van der Waals surface area contributed by atoms with Gasteiger partial charge in [-0.3, -0.25) is 4.90 Å². The first kappa shape index (κ1) is 14.8. The van der Waals surface area contributed by atoms with E-state index in [1.165, 1.54) is 0 Å². The third-order valence-corrected chi connectivity index (χ3v) is 4.05. The van der Waals surface area contributed by atoms with Crippen molar-refractivity contribution in [3.63, 3.8) is 0 Å². The summed E-state index contributed by atoms with van der Waals surface area (Å²) in [5, 5.41) is 18.5. The number of benzene rings is 1. The molecule has 0 aromatic heterocycles. The Morgan fingerprint density at radius 1 is 1.50 bits per heavy atom. The van der Waals surface area contributed by atoms with Crippen LogP contribution in [0, 0.1) is 16.7 Å². The zero-order valence-electron chi connectivity index (χ0n) is 12.2. The lowest BCUT2D eigenvalue weighted by Gasteiger charge is -2.39. The van der Waals surface area contributed by atoms with E-state index >= 15 is 0 Å². The van der Waals surface area contributed by atoms with Crippen molar-refractivity contribution in [3.8, 4) is 11.8 Å². The van der Waals surface area contributed by atoms with Crippen molar-refractivity contribution < 1.29 is 9.84 Å². The van der Waals surface area contributed by atoms with E-state index in [-0.39, 0.29) is 12.0 Å². The van der Waals surface area contributed by atoms with Crippen LogP contribution in [0.25, 0.3) is 0 Å². The molecule has 0 aliphatic carbocycles. The first-order valence-corrected chi connectivity index (χ1v) is 7.00. The first-order valence-electron chi connectivity index (χ1n) is 7.00. The van der Waals surface area contributed by atoms with Crippen LogP contribution in [0.5, 0.6) is 5.75 Å². The fraction of sp³-hybridized carbons (Fsp3) is 0.562. The highest BCUT2D eigenvalue weighted by molar-refractivity contribution is 5.42. The van der Waals surface area contributed by atoms with Crippen LogP contribution in [-0.4, -0.2) is 36.8 Å². The average molecular weight is 274 g/mol. The van der Waals surface area contributed by atoms with Gasteiger partial charge in [-0.25, -0.2) is 0 Å². The van der Waals surface area contributed by atoms with Crippen molar-refractivity contribution in [1.82, 2.24) is 4.90 Å². The van der Waals surface area contributed by atoms with Crippen LogP contribution in [0.4, 0.5) is 0 Å². The quantitative estimate of drug-likeness (QED) is 0.914.